The molecule has 1 saturated carbocycles. The number of fused-ring (bicyclic) bond motifs is 1. The zero-order valence-electron chi connectivity index (χ0n) is 11.7. The number of nitrogens with zero attached hydrogens (tertiary/aromatic N) is 1. The third kappa shape index (κ3) is 3.16. The molecule has 0 aromatic heterocycles. The maximum absolute atomic E-state index is 12.2. The van der Waals surface area contributed by atoms with Crippen molar-refractivity contribution in [1.82, 2.24) is 4.90 Å². The summed E-state index contributed by atoms with van der Waals surface area (Å²) >= 11 is 0. The van der Waals surface area contributed by atoms with E-state index in [9.17, 15) is 9.90 Å². The maximum atomic E-state index is 12.2. The highest BCUT2D eigenvalue weighted by Crippen LogP contribution is 2.36. The predicted molar refractivity (Wildman–Crippen MR) is 69.3 cm³/mol. The molecule has 4 heteroatoms. The zero-order valence-corrected chi connectivity index (χ0v) is 11.7. The van der Waals surface area contributed by atoms with Crippen molar-refractivity contribution in [3.63, 3.8) is 0 Å². The number of rotatable bonds is 0. The highest BCUT2D eigenvalue weighted by Gasteiger charge is 2.39. The zero-order chi connectivity index (χ0) is 13.3. The minimum atomic E-state index is -0.447. The van der Waals surface area contributed by atoms with Gasteiger partial charge < -0.3 is 14.7 Å². The van der Waals surface area contributed by atoms with Crippen LogP contribution in [0.2, 0.25) is 0 Å². The van der Waals surface area contributed by atoms with Crippen molar-refractivity contribution in [3.8, 4) is 0 Å². The third-order valence-electron chi connectivity index (χ3n) is 3.93. The lowest BCUT2D eigenvalue weighted by molar-refractivity contribution is -0.0256. The van der Waals surface area contributed by atoms with E-state index in [-0.39, 0.29) is 18.2 Å². The van der Waals surface area contributed by atoms with E-state index < -0.39 is 5.60 Å². The first-order valence-corrected chi connectivity index (χ1v) is 7.04. The van der Waals surface area contributed by atoms with Crippen LogP contribution in [0.15, 0.2) is 0 Å². The van der Waals surface area contributed by atoms with Crippen LogP contribution in [0, 0.1) is 5.92 Å². The Morgan fingerprint density at radius 2 is 2.00 bits per heavy atom. The minimum absolute atomic E-state index is 0.178. The Morgan fingerprint density at radius 3 is 2.67 bits per heavy atom. The predicted octanol–water partition coefficient (Wildman–Crippen LogP) is 2.55. The Hall–Kier alpha value is -0.770. The minimum Gasteiger partial charge on any atom is -0.444 e. The largest absolute Gasteiger partial charge is 0.444 e. The normalized spacial score (nSPS) is 32.9. The van der Waals surface area contributed by atoms with Crippen molar-refractivity contribution >= 4 is 6.09 Å². The molecule has 4 nitrogen and oxygen atoms in total. The average Bonchev–Trinajstić information content (AvgIpc) is 2.25. The first-order valence-electron chi connectivity index (χ1n) is 7.04. The van der Waals surface area contributed by atoms with Gasteiger partial charge in [-0.2, -0.15) is 0 Å². The van der Waals surface area contributed by atoms with E-state index in [1.165, 1.54) is 6.42 Å². The Labute approximate surface area is 109 Å². The van der Waals surface area contributed by atoms with Crippen LogP contribution in [0.3, 0.4) is 0 Å². The summed E-state index contributed by atoms with van der Waals surface area (Å²) in [7, 11) is 0. The molecule has 1 aliphatic heterocycles. The number of carbonyl (C=O) groups excluding carboxylic acids is 1. The van der Waals surface area contributed by atoms with Crippen LogP contribution in [0.25, 0.3) is 0 Å². The third-order valence-corrected chi connectivity index (χ3v) is 3.93. The van der Waals surface area contributed by atoms with E-state index in [4.69, 9.17) is 4.74 Å². The Balaban J connectivity index is 2.04. The van der Waals surface area contributed by atoms with E-state index in [1.807, 2.05) is 25.7 Å². The lowest BCUT2D eigenvalue weighted by Crippen LogP contribution is -2.53. The van der Waals surface area contributed by atoms with Crippen molar-refractivity contribution in [2.45, 2.75) is 70.6 Å². The number of hydrogen-bond acceptors (Lipinski definition) is 3. The summed E-state index contributed by atoms with van der Waals surface area (Å²) in [6.45, 7) is 6.44. The summed E-state index contributed by atoms with van der Waals surface area (Å²) in [6, 6.07) is 0.178. The molecule has 3 atom stereocenters. The number of ether oxygens (including phenoxy) is 1. The van der Waals surface area contributed by atoms with Crippen molar-refractivity contribution in [1.29, 1.82) is 0 Å². The lowest BCUT2D eigenvalue weighted by Gasteiger charge is -2.45. The molecule has 0 spiro atoms. The molecule has 2 fully saturated rings. The Bertz CT molecular complexity index is 311. The average molecular weight is 255 g/mol. The number of piperidine rings is 1. The van der Waals surface area contributed by atoms with Gasteiger partial charge in [-0.1, -0.05) is 0 Å². The van der Waals surface area contributed by atoms with Gasteiger partial charge in [0.25, 0.3) is 0 Å². The van der Waals surface area contributed by atoms with Gasteiger partial charge in [-0.25, -0.2) is 4.79 Å². The molecular weight excluding hydrogens is 230 g/mol. The highest BCUT2D eigenvalue weighted by atomic mass is 16.6. The van der Waals surface area contributed by atoms with Crippen LogP contribution in [0.4, 0.5) is 4.79 Å². The molecule has 1 saturated heterocycles. The van der Waals surface area contributed by atoms with Gasteiger partial charge in [0, 0.05) is 12.6 Å². The fourth-order valence-corrected chi connectivity index (χ4v) is 3.14. The van der Waals surface area contributed by atoms with E-state index in [2.05, 4.69) is 0 Å². The fourth-order valence-electron chi connectivity index (χ4n) is 3.14. The van der Waals surface area contributed by atoms with Gasteiger partial charge in [0.15, 0.2) is 0 Å². The van der Waals surface area contributed by atoms with E-state index >= 15 is 0 Å². The molecule has 0 bridgehead atoms. The number of carbonyl (C=O) groups is 1. The maximum Gasteiger partial charge on any atom is 0.410 e. The van der Waals surface area contributed by atoms with Gasteiger partial charge in [-0.3, -0.25) is 0 Å². The molecule has 0 radical (unpaired) electrons. The lowest BCUT2D eigenvalue weighted by atomic mass is 9.77. The number of aliphatic hydroxyl groups excluding tert-OH is 1. The summed E-state index contributed by atoms with van der Waals surface area (Å²) < 4.78 is 5.47. The molecular formula is C14H25NO3. The summed E-state index contributed by atoms with van der Waals surface area (Å²) in [5, 5.41) is 9.80. The van der Waals surface area contributed by atoms with Crippen LogP contribution >= 0.6 is 0 Å². The quantitative estimate of drug-likeness (QED) is 0.723. The van der Waals surface area contributed by atoms with Crippen LogP contribution in [-0.2, 0) is 4.74 Å². The van der Waals surface area contributed by atoms with Crippen LogP contribution < -0.4 is 0 Å². The SMILES string of the molecule is CC(C)(C)OC(=O)N1CCC[C@@H]2CC[C@@H](O)C[C@H]21. The van der Waals surface area contributed by atoms with Gasteiger partial charge >= 0.3 is 6.09 Å². The van der Waals surface area contributed by atoms with Gasteiger partial charge in [0.1, 0.15) is 5.60 Å². The molecule has 2 aliphatic rings. The van der Waals surface area contributed by atoms with Gasteiger partial charge in [0.05, 0.1) is 6.10 Å². The van der Waals surface area contributed by atoms with E-state index in [1.54, 1.807) is 0 Å². The molecule has 1 amide bonds. The molecule has 2 rings (SSSR count). The second-order valence-electron chi connectivity index (χ2n) is 6.61. The second-order valence-corrected chi connectivity index (χ2v) is 6.61. The molecule has 0 aromatic carbocycles. The Morgan fingerprint density at radius 1 is 1.28 bits per heavy atom. The summed E-state index contributed by atoms with van der Waals surface area (Å²) in [5.41, 5.74) is -0.447. The number of aliphatic hydroxyl groups is 1. The van der Waals surface area contributed by atoms with Crippen LogP contribution in [0.5, 0.6) is 0 Å². The monoisotopic (exact) mass is 255 g/mol. The van der Waals surface area contributed by atoms with Gasteiger partial charge in [-0.05, 0) is 58.8 Å². The number of likely N-dealkylation sites (tertiary alicyclic amines) is 1. The molecule has 0 aromatic rings. The van der Waals surface area contributed by atoms with Crippen LogP contribution in [0.1, 0.15) is 52.9 Å². The number of hydrogen-bond donors (Lipinski definition) is 1. The van der Waals surface area contributed by atoms with Gasteiger partial charge in [-0.15, -0.1) is 0 Å². The van der Waals surface area contributed by atoms with E-state index in [0.717, 1.165) is 25.8 Å². The summed E-state index contributed by atoms with van der Waals surface area (Å²) in [6.07, 6.45) is 4.38. The molecule has 1 aliphatic carbocycles. The fraction of sp³-hybridized carbons (Fsp3) is 0.929. The first kappa shape index (κ1) is 13.7. The molecule has 0 unspecified atom stereocenters. The number of amides is 1. The summed E-state index contributed by atoms with van der Waals surface area (Å²) in [5.74, 6) is 0.551. The molecule has 18 heavy (non-hydrogen) atoms. The first-order chi connectivity index (χ1) is 8.37. The topological polar surface area (TPSA) is 49.8 Å². The standard InChI is InChI=1S/C14H25NO3/c1-14(2,3)18-13(17)15-8-4-5-10-6-7-11(16)9-12(10)15/h10-12,16H,4-9H2,1-3H3/t10-,11-,12-/m1/s1. The molecule has 1 N–H and O–H groups in total. The smallest absolute Gasteiger partial charge is 0.410 e. The van der Waals surface area contributed by atoms with Gasteiger partial charge in [0.2, 0.25) is 0 Å². The van der Waals surface area contributed by atoms with Crippen molar-refractivity contribution in [2.24, 2.45) is 5.92 Å². The van der Waals surface area contributed by atoms with Crippen molar-refractivity contribution < 1.29 is 14.6 Å². The summed E-state index contributed by atoms with van der Waals surface area (Å²) in [4.78, 5) is 14.0. The molecule has 1 heterocycles. The second kappa shape index (κ2) is 5.08. The van der Waals surface area contributed by atoms with Crippen LogP contribution in [-0.4, -0.2) is 40.4 Å². The van der Waals surface area contributed by atoms with Crippen molar-refractivity contribution in [2.75, 3.05) is 6.54 Å². The van der Waals surface area contributed by atoms with E-state index in [0.29, 0.717) is 12.3 Å². The Kier molecular flexibility index (Phi) is 3.85. The highest BCUT2D eigenvalue weighted by molar-refractivity contribution is 5.68. The molecule has 104 valence electrons. The van der Waals surface area contributed by atoms with Crippen molar-refractivity contribution in [3.05, 3.63) is 0 Å².